The molecule has 0 saturated carbocycles. The fraction of sp³-hybridized carbons (Fsp3) is 0. The van der Waals surface area contributed by atoms with Gasteiger partial charge >= 0.3 is 0 Å². The van der Waals surface area contributed by atoms with Crippen LogP contribution in [0.15, 0.2) is 349 Å². The van der Waals surface area contributed by atoms with Crippen molar-refractivity contribution in [3.05, 3.63) is 340 Å². The van der Waals surface area contributed by atoms with Gasteiger partial charge < -0.3 is 8.83 Å². The van der Waals surface area contributed by atoms with E-state index in [1.807, 2.05) is 60.7 Å². The molecule has 6 nitrogen and oxygen atoms in total. The lowest BCUT2D eigenvalue weighted by molar-refractivity contribution is 0.667. The van der Waals surface area contributed by atoms with E-state index in [1.54, 1.807) is 0 Å². The van der Waals surface area contributed by atoms with Crippen LogP contribution in [0.5, 0.6) is 0 Å². The standard InChI is InChI=1S/C50H30N2O.C42H26N2O/c1-2-12-31(13-3-1)32-14-9-18-36(29-32)47-49-48(44-22-6-7-25-45(44)53-49)52-50(51-47)37-19-10-16-34(30-37)33-15-8-17-35(28-33)38-26-27-43-40-21-5-4-20-39(40)42-24-11-23-41(38)46(42)43;1-2-12-27(13-3-1)39-41-40(36-22-8-9-23-38(36)45-41)44-42(43-39)32-18-11-16-29(25-32)28-15-10-17-30(24-28)37-26-31-14-4-5-19-33(31)34-20-6-7-21-35(34)37/h1-30H;1-26H. The maximum Gasteiger partial charge on any atom is 0.180 e. The monoisotopic (exact) mass is 1250 g/mol. The van der Waals surface area contributed by atoms with Crippen LogP contribution in [-0.4, -0.2) is 19.9 Å². The Balaban J connectivity index is 0.000000139. The first-order valence-corrected chi connectivity index (χ1v) is 33.2. The van der Waals surface area contributed by atoms with Crippen LogP contribution in [0, 0.1) is 0 Å². The minimum Gasteiger partial charge on any atom is -0.452 e. The van der Waals surface area contributed by atoms with Crippen molar-refractivity contribution < 1.29 is 8.83 Å². The zero-order valence-corrected chi connectivity index (χ0v) is 52.9. The molecule has 0 amide bonds. The largest absolute Gasteiger partial charge is 0.452 e. The summed E-state index contributed by atoms with van der Waals surface area (Å²) in [5.74, 6) is 1.33. The quantitative estimate of drug-likeness (QED) is 0.134. The molecule has 1 aliphatic carbocycles. The second-order valence-electron chi connectivity index (χ2n) is 25.1. The molecule has 6 heteroatoms. The van der Waals surface area contributed by atoms with E-state index in [0.717, 1.165) is 100.0 Å². The second kappa shape index (κ2) is 23.4. The number of furan rings is 2. The lowest BCUT2D eigenvalue weighted by Gasteiger charge is -2.13. The van der Waals surface area contributed by atoms with Crippen LogP contribution in [0.4, 0.5) is 0 Å². The maximum absolute atomic E-state index is 6.47. The molecule has 0 N–H and O–H groups in total. The van der Waals surface area contributed by atoms with Gasteiger partial charge in [-0.05, 0) is 171 Å². The highest BCUT2D eigenvalue weighted by molar-refractivity contribution is 6.19. The minimum absolute atomic E-state index is 0.661. The topological polar surface area (TPSA) is 77.8 Å². The molecule has 0 bridgehead atoms. The zero-order valence-electron chi connectivity index (χ0n) is 52.9. The molecule has 15 aromatic carbocycles. The molecule has 0 saturated heterocycles. The van der Waals surface area contributed by atoms with Gasteiger partial charge in [-0.25, -0.2) is 19.9 Å². The Hall–Kier alpha value is -13.2. The summed E-state index contributed by atoms with van der Waals surface area (Å²) in [4.78, 5) is 20.6. The summed E-state index contributed by atoms with van der Waals surface area (Å²) >= 11 is 0. The Kier molecular flexibility index (Phi) is 13.5. The molecule has 98 heavy (non-hydrogen) atoms. The van der Waals surface area contributed by atoms with Crippen LogP contribution >= 0.6 is 0 Å². The fourth-order valence-corrected chi connectivity index (χ4v) is 14.7. The number of benzene rings is 15. The molecule has 4 aromatic heterocycles. The van der Waals surface area contributed by atoms with Gasteiger partial charge in [0.2, 0.25) is 0 Å². The van der Waals surface area contributed by atoms with E-state index in [9.17, 15) is 0 Å². The highest BCUT2D eigenvalue weighted by atomic mass is 16.3. The van der Waals surface area contributed by atoms with Gasteiger partial charge in [0.1, 0.15) is 33.6 Å². The summed E-state index contributed by atoms with van der Waals surface area (Å²) in [6.45, 7) is 0. The van der Waals surface area contributed by atoms with Crippen molar-refractivity contribution in [3.63, 3.8) is 0 Å². The third kappa shape index (κ3) is 9.73. The number of hydrogen-bond acceptors (Lipinski definition) is 6. The average molecular weight is 1250 g/mol. The molecule has 1 aliphatic rings. The lowest BCUT2D eigenvalue weighted by Crippen LogP contribution is -1.94. The Morgan fingerprint density at radius 1 is 0.194 bits per heavy atom. The predicted octanol–water partition coefficient (Wildman–Crippen LogP) is 24.9. The Labute approximate surface area is 564 Å². The van der Waals surface area contributed by atoms with E-state index < -0.39 is 0 Å². The summed E-state index contributed by atoms with van der Waals surface area (Å²) < 4.78 is 12.8. The summed E-state index contributed by atoms with van der Waals surface area (Å²) in [6.07, 6.45) is 0. The molecule has 0 aliphatic heterocycles. The Morgan fingerprint density at radius 3 is 1.15 bits per heavy atom. The molecule has 20 rings (SSSR count). The van der Waals surface area contributed by atoms with Gasteiger partial charge in [0.15, 0.2) is 22.8 Å². The molecule has 19 aromatic rings. The van der Waals surface area contributed by atoms with Gasteiger partial charge in [-0.2, -0.15) is 0 Å². The van der Waals surface area contributed by atoms with Gasteiger partial charge in [-0.15, -0.1) is 0 Å². The lowest BCUT2D eigenvalue weighted by atomic mass is 9.91. The zero-order chi connectivity index (χ0) is 64.6. The van der Waals surface area contributed by atoms with E-state index in [-0.39, 0.29) is 0 Å². The smallest absolute Gasteiger partial charge is 0.180 e. The van der Waals surface area contributed by atoms with Crippen molar-refractivity contribution in [1.82, 2.24) is 19.9 Å². The number of nitrogens with zero attached hydrogens (tertiary/aromatic N) is 4. The molecule has 0 radical (unpaired) electrons. The van der Waals surface area contributed by atoms with E-state index in [4.69, 9.17) is 28.8 Å². The number of fused-ring (bicyclic) bond motifs is 12. The Bertz CT molecular complexity index is 6360. The van der Waals surface area contributed by atoms with E-state index >= 15 is 0 Å². The van der Waals surface area contributed by atoms with Gasteiger partial charge in [0.05, 0.1) is 0 Å². The van der Waals surface area contributed by atoms with Crippen LogP contribution in [0.3, 0.4) is 0 Å². The third-order valence-electron chi connectivity index (χ3n) is 19.3. The first-order chi connectivity index (χ1) is 48.6. The summed E-state index contributed by atoms with van der Waals surface area (Å²) in [6, 6.07) is 120. The number of hydrogen-bond donors (Lipinski definition) is 0. The molecule has 0 fully saturated rings. The molecule has 0 unspecified atom stereocenters. The second-order valence-corrected chi connectivity index (χ2v) is 25.1. The van der Waals surface area contributed by atoms with E-state index in [2.05, 4.69) is 279 Å². The minimum atomic E-state index is 0.661. The van der Waals surface area contributed by atoms with Crippen LogP contribution < -0.4 is 0 Å². The van der Waals surface area contributed by atoms with Gasteiger partial charge in [0, 0.05) is 33.0 Å². The predicted molar refractivity (Wildman–Crippen MR) is 404 cm³/mol. The van der Waals surface area contributed by atoms with Crippen LogP contribution in [-0.2, 0) is 0 Å². The first-order valence-electron chi connectivity index (χ1n) is 33.2. The summed E-state index contributed by atoms with van der Waals surface area (Å²) in [5, 5.41) is 9.62. The van der Waals surface area contributed by atoms with Crippen molar-refractivity contribution in [2.24, 2.45) is 0 Å². The van der Waals surface area contributed by atoms with Crippen molar-refractivity contribution in [2.45, 2.75) is 0 Å². The van der Waals surface area contributed by atoms with Crippen LogP contribution in [0.1, 0.15) is 0 Å². The SMILES string of the molecule is c1ccc(-c2cccc(-c3nc(-c4cccc(-c5cccc(-c6ccc7c8c(cccc68)-c6ccccc6-7)c5)c4)nc4c3oc3ccccc34)c2)cc1.c1ccc(-c2nc(-c3cccc(-c4cccc(-c5cc6ccccc6c6ccccc56)c4)c3)nc3c2oc2ccccc23)cc1. The molecular formula is C92H56N4O2. The fourth-order valence-electron chi connectivity index (χ4n) is 14.7. The van der Waals surface area contributed by atoms with Gasteiger partial charge in [-0.1, -0.05) is 279 Å². The van der Waals surface area contributed by atoms with E-state index in [1.165, 1.54) is 76.8 Å². The van der Waals surface area contributed by atoms with Crippen LogP contribution in [0.2, 0.25) is 0 Å². The number of rotatable bonds is 9. The molecule has 0 spiro atoms. The normalized spacial score (nSPS) is 11.7. The van der Waals surface area contributed by atoms with Crippen molar-refractivity contribution in [1.29, 1.82) is 0 Å². The van der Waals surface area contributed by atoms with Gasteiger partial charge in [-0.3, -0.25) is 0 Å². The van der Waals surface area contributed by atoms with Crippen molar-refractivity contribution in [2.75, 3.05) is 0 Å². The van der Waals surface area contributed by atoms with Gasteiger partial charge in [0.25, 0.3) is 0 Å². The summed E-state index contributed by atoms with van der Waals surface area (Å²) in [7, 11) is 0. The first kappa shape index (κ1) is 56.4. The average Bonchev–Trinajstić information content (AvgIpc) is 1.53. The molecule has 456 valence electrons. The third-order valence-corrected chi connectivity index (χ3v) is 19.3. The highest BCUT2D eigenvalue weighted by Gasteiger charge is 2.24. The highest BCUT2D eigenvalue weighted by Crippen LogP contribution is 2.50. The Morgan fingerprint density at radius 2 is 0.561 bits per heavy atom. The summed E-state index contributed by atoms with van der Waals surface area (Å²) in [5.41, 5.74) is 27.0. The van der Waals surface area contributed by atoms with Crippen LogP contribution in [0.25, 0.3) is 200 Å². The number of aromatic nitrogens is 4. The van der Waals surface area contributed by atoms with E-state index in [0.29, 0.717) is 22.8 Å². The molecular weight excluding hydrogens is 1190 g/mol. The van der Waals surface area contributed by atoms with Crippen molar-refractivity contribution >= 4 is 76.5 Å². The maximum atomic E-state index is 6.47. The molecule has 0 atom stereocenters. The molecule has 4 heterocycles. The van der Waals surface area contributed by atoms with Crippen molar-refractivity contribution in [3.8, 4) is 123 Å². The number of para-hydroxylation sites is 2.